The SMILES string of the molecule is c1cc(C(c2ccn[nH]2)c2ccn[nH]2)nc(C(c2ccn[nH]2)c2ccn[nH]2)c1. The van der Waals surface area contributed by atoms with E-state index in [0.717, 1.165) is 34.2 Å². The van der Waals surface area contributed by atoms with E-state index in [-0.39, 0.29) is 11.8 Å². The molecule has 28 heavy (non-hydrogen) atoms. The summed E-state index contributed by atoms with van der Waals surface area (Å²) >= 11 is 0. The van der Waals surface area contributed by atoms with Gasteiger partial charge >= 0.3 is 0 Å². The number of H-pyrrole nitrogens is 4. The molecule has 0 atom stereocenters. The van der Waals surface area contributed by atoms with E-state index in [4.69, 9.17) is 4.98 Å². The Balaban J connectivity index is 1.62. The topological polar surface area (TPSA) is 128 Å². The standard InChI is InChI=1S/C19H17N9/c1-2-12(18(14-4-8-20-25-14)15-5-9-21-26-15)24-13(3-1)19(16-6-10-22-27-16)17-7-11-23-28-17/h1-11,18-19H,(H,20,25)(H,21,26)(H,22,27)(H,23,28). The van der Waals surface area contributed by atoms with E-state index >= 15 is 0 Å². The first-order valence-electron chi connectivity index (χ1n) is 8.84. The van der Waals surface area contributed by atoms with Gasteiger partial charge in [-0.05, 0) is 36.4 Å². The van der Waals surface area contributed by atoms with Gasteiger partial charge in [-0.25, -0.2) is 0 Å². The Morgan fingerprint density at radius 3 is 1.14 bits per heavy atom. The molecule has 5 heterocycles. The van der Waals surface area contributed by atoms with E-state index in [2.05, 4.69) is 40.8 Å². The molecule has 9 heteroatoms. The van der Waals surface area contributed by atoms with Crippen LogP contribution in [0.2, 0.25) is 0 Å². The molecule has 0 fully saturated rings. The van der Waals surface area contributed by atoms with Crippen molar-refractivity contribution in [1.82, 2.24) is 45.8 Å². The van der Waals surface area contributed by atoms with Gasteiger partial charge in [0.05, 0.1) is 46.0 Å². The van der Waals surface area contributed by atoms with Gasteiger partial charge in [0.2, 0.25) is 0 Å². The van der Waals surface area contributed by atoms with Crippen LogP contribution in [0.3, 0.4) is 0 Å². The predicted octanol–water partition coefficient (Wildman–Crippen LogP) is 2.33. The Labute approximate surface area is 159 Å². The number of hydrogen-bond acceptors (Lipinski definition) is 5. The van der Waals surface area contributed by atoms with E-state index in [0.29, 0.717) is 0 Å². The molecule has 5 aromatic heterocycles. The number of nitrogens with zero attached hydrogens (tertiary/aromatic N) is 5. The molecule has 0 spiro atoms. The number of aromatic amines is 4. The highest BCUT2D eigenvalue weighted by atomic mass is 15.1. The van der Waals surface area contributed by atoms with Gasteiger partial charge in [-0.3, -0.25) is 25.4 Å². The summed E-state index contributed by atoms with van der Waals surface area (Å²) in [6, 6.07) is 13.8. The highest BCUT2D eigenvalue weighted by molar-refractivity contribution is 5.37. The van der Waals surface area contributed by atoms with Crippen LogP contribution >= 0.6 is 0 Å². The largest absolute Gasteiger partial charge is 0.281 e. The number of hydrogen-bond donors (Lipinski definition) is 4. The lowest BCUT2D eigenvalue weighted by atomic mass is 9.93. The molecular formula is C19H17N9. The summed E-state index contributed by atoms with van der Waals surface area (Å²) in [5.74, 6) is -0.261. The number of rotatable bonds is 6. The molecule has 9 nitrogen and oxygen atoms in total. The quantitative estimate of drug-likeness (QED) is 0.364. The van der Waals surface area contributed by atoms with E-state index < -0.39 is 0 Å². The van der Waals surface area contributed by atoms with Crippen molar-refractivity contribution in [3.63, 3.8) is 0 Å². The Bertz CT molecular complexity index is 954. The smallest absolute Gasteiger partial charge is 0.0846 e. The van der Waals surface area contributed by atoms with Gasteiger partial charge in [0.1, 0.15) is 0 Å². The van der Waals surface area contributed by atoms with Crippen LogP contribution in [0.4, 0.5) is 0 Å². The number of aromatic nitrogens is 9. The third-order valence-corrected chi connectivity index (χ3v) is 4.72. The minimum Gasteiger partial charge on any atom is -0.281 e. The summed E-state index contributed by atoms with van der Waals surface area (Å²) < 4.78 is 0. The summed E-state index contributed by atoms with van der Waals surface area (Å²) in [7, 11) is 0. The second kappa shape index (κ2) is 6.95. The first-order valence-corrected chi connectivity index (χ1v) is 8.84. The van der Waals surface area contributed by atoms with Gasteiger partial charge in [0.25, 0.3) is 0 Å². The lowest BCUT2D eigenvalue weighted by Gasteiger charge is -2.18. The molecule has 4 N–H and O–H groups in total. The third kappa shape index (κ3) is 2.88. The Morgan fingerprint density at radius 2 is 0.857 bits per heavy atom. The third-order valence-electron chi connectivity index (χ3n) is 4.72. The van der Waals surface area contributed by atoms with Gasteiger partial charge in [0.15, 0.2) is 0 Å². The van der Waals surface area contributed by atoms with Crippen molar-refractivity contribution in [3.05, 3.63) is 101 Å². The summed E-state index contributed by atoms with van der Waals surface area (Å²) in [6.45, 7) is 0. The second-order valence-electron chi connectivity index (χ2n) is 6.40. The van der Waals surface area contributed by atoms with Crippen molar-refractivity contribution in [1.29, 1.82) is 0 Å². The molecule has 0 bridgehead atoms. The van der Waals surface area contributed by atoms with E-state index in [1.807, 2.05) is 42.5 Å². The molecule has 0 aliphatic heterocycles. The van der Waals surface area contributed by atoms with Crippen LogP contribution in [0, 0.1) is 0 Å². The summed E-state index contributed by atoms with van der Waals surface area (Å²) in [4.78, 5) is 5.01. The van der Waals surface area contributed by atoms with Crippen molar-refractivity contribution in [2.45, 2.75) is 11.8 Å². The summed E-state index contributed by atoms with van der Waals surface area (Å²) in [5, 5.41) is 28.6. The molecule has 0 aliphatic carbocycles. The van der Waals surface area contributed by atoms with Crippen LogP contribution in [0.5, 0.6) is 0 Å². The first kappa shape index (κ1) is 16.2. The Kier molecular flexibility index (Phi) is 4.02. The van der Waals surface area contributed by atoms with Gasteiger partial charge in [-0.1, -0.05) is 6.07 Å². The van der Waals surface area contributed by atoms with Crippen molar-refractivity contribution in [2.75, 3.05) is 0 Å². The van der Waals surface area contributed by atoms with Crippen molar-refractivity contribution < 1.29 is 0 Å². The average Bonchev–Trinajstić information content (AvgIpc) is 3.51. The molecule has 0 unspecified atom stereocenters. The molecule has 0 aliphatic rings. The summed E-state index contributed by atoms with van der Waals surface area (Å²) in [6.07, 6.45) is 6.95. The lowest BCUT2D eigenvalue weighted by Crippen LogP contribution is -2.12. The van der Waals surface area contributed by atoms with Crippen LogP contribution in [0.1, 0.15) is 46.0 Å². The first-order chi connectivity index (χ1) is 13.9. The van der Waals surface area contributed by atoms with Crippen LogP contribution in [0.25, 0.3) is 0 Å². The van der Waals surface area contributed by atoms with Crippen LogP contribution < -0.4 is 0 Å². The van der Waals surface area contributed by atoms with Gasteiger partial charge in [-0.2, -0.15) is 20.4 Å². The monoisotopic (exact) mass is 371 g/mol. The molecule has 5 aromatic rings. The summed E-state index contributed by atoms with van der Waals surface area (Å²) in [5.41, 5.74) is 5.52. The molecule has 0 saturated carbocycles. The number of pyridine rings is 1. The van der Waals surface area contributed by atoms with Crippen LogP contribution in [-0.2, 0) is 0 Å². The predicted molar refractivity (Wildman–Crippen MR) is 100 cm³/mol. The van der Waals surface area contributed by atoms with E-state index in [9.17, 15) is 0 Å². The van der Waals surface area contributed by atoms with Crippen molar-refractivity contribution >= 4 is 0 Å². The maximum Gasteiger partial charge on any atom is 0.0846 e. The fourth-order valence-corrected chi connectivity index (χ4v) is 3.47. The van der Waals surface area contributed by atoms with E-state index in [1.54, 1.807) is 24.8 Å². The molecule has 0 saturated heterocycles. The van der Waals surface area contributed by atoms with Crippen molar-refractivity contribution in [2.24, 2.45) is 0 Å². The minimum atomic E-state index is -0.130. The van der Waals surface area contributed by atoms with Crippen molar-refractivity contribution in [3.8, 4) is 0 Å². The van der Waals surface area contributed by atoms with Crippen LogP contribution in [-0.4, -0.2) is 45.8 Å². The zero-order valence-electron chi connectivity index (χ0n) is 14.7. The Hall–Kier alpha value is -4.01. The minimum absolute atomic E-state index is 0.130. The molecular weight excluding hydrogens is 354 g/mol. The van der Waals surface area contributed by atoms with Crippen LogP contribution in [0.15, 0.2) is 67.3 Å². The molecule has 0 amide bonds. The molecule has 138 valence electrons. The maximum atomic E-state index is 5.01. The highest BCUT2D eigenvalue weighted by Crippen LogP contribution is 2.32. The van der Waals surface area contributed by atoms with Gasteiger partial charge in [-0.15, -0.1) is 0 Å². The lowest BCUT2D eigenvalue weighted by molar-refractivity contribution is 0.776. The molecule has 0 radical (unpaired) electrons. The zero-order chi connectivity index (χ0) is 18.8. The fourth-order valence-electron chi connectivity index (χ4n) is 3.47. The Morgan fingerprint density at radius 1 is 0.500 bits per heavy atom. The second-order valence-corrected chi connectivity index (χ2v) is 6.40. The fraction of sp³-hybridized carbons (Fsp3) is 0.105. The number of nitrogens with one attached hydrogen (secondary N) is 4. The average molecular weight is 371 g/mol. The maximum absolute atomic E-state index is 5.01. The highest BCUT2D eigenvalue weighted by Gasteiger charge is 2.25. The van der Waals surface area contributed by atoms with Gasteiger partial charge in [0, 0.05) is 24.8 Å². The molecule has 0 aromatic carbocycles. The zero-order valence-corrected chi connectivity index (χ0v) is 14.7. The molecule has 5 rings (SSSR count). The normalized spacial score (nSPS) is 11.5. The van der Waals surface area contributed by atoms with E-state index in [1.165, 1.54) is 0 Å². The van der Waals surface area contributed by atoms with Gasteiger partial charge < -0.3 is 0 Å².